The Morgan fingerprint density at radius 2 is 1.83 bits per heavy atom. The average molecular weight is 398 g/mol. The monoisotopic (exact) mass is 398 g/mol. The molecule has 1 unspecified atom stereocenters. The number of halogens is 1. The fourth-order valence-electron chi connectivity index (χ4n) is 3.90. The van der Waals surface area contributed by atoms with Crippen molar-refractivity contribution in [1.29, 1.82) is 0 Å². The molecule has 0 aromatic heterocycles. The zero-order valence-corrected chi connectivity index (χ0v) is 16.4. The lowest BCUT2D eigenvalue weighted by atomic mass is 9.85. The Morgan fingerprint density at radius 1 is 1.10 bits per heavy atom. The van der Waals surface area contributed by atoms with E-state index in [2.05, 4.69) is 5.32 Å². The van der Waals surface area contributed by atoms with E-state index in [4.69, 9.17) is 0 Å². The van der Waals surface area contributed by atoms with Crippen LogP contribution in [0, 0.1) is 5.82 Å². The first-order valence-corrected chi connectivity index (χ1v) is 9.98. The number of benzene rings is 2. The van der Waals surface area contributed by atoms with E-state index in [1.807, 2.05) is 30.3 Å². The normalized spacial score (nSPS) is 18.5. The lowest BCUT2D eigenvalue weighted by Crippen LogP contribution is -2.45. The van der Waals surface area contributed by atoms with Crippen molar-refractivity contribution in [3.8, 4) is 0 Å². The third-order valence-electron chi connectivity index (χ3n) is 5.45. The first kappa shape index (κ1) is 21.0. The van der Waals surface area contributed by atoms with Crippen LogP contribution in [0.1, 0.15) is 36.8 Å². The Labute approximate surface area is 170 Å². The van der Waals surface area contributed by atoms with Crippen LogP contribution in [0.4, 0.5) is 4.39 Å². The summed E-state index contributed by atoms with van der Waals surface area (Å²) in [6.45, 7) is 0.610. The molecule has 2 aromatic carbocycles. The first-order valence-electron chi connectivity index (χ1n) is 9.98. The van der Waals surface area contributed by atoms with E-state index in [0.717, 1.165) is 11.1 Å². The summed E-state index contributed by atoms with van der Waals surface area (Å²) in [4.78, 5) is 26.4. The van der Waals surface area contributed by atoms with Crippen molar-refractivity contribution in [2.24, 2.45) is 0 Å². The van der Waals surface area contributed by atoms with Gasteiger partial charge in [-0.15, -0.1) is 0 Å². The lowest BCUT2D eigenvalue weighted by molar-refractivity contribution is -0.133. The van der Waals surface area contributed by atoms with Crippen LogP contribution in [0.3, 0.4) is 0 Å². The molecule has 2 aromatic rings. The quantitative estimate of drug-likeness (QED) is 0.682. The Morgan fingerprint density at radius 3 is 2.45 bits per heavy atom. The van der Waals surface area contributed by atoms with Crippen LogP contribution in [0.25, 0.3) is 0 Å². The van der Waals surface area contributed by atoms with Crippen LogP contribution in [0.15, 0.2) is 54.6 Å². The highest BCUT2D eigenvalue weighted by molar-refractivity contribution is 5.80. The van der Waals surface area contributed by atoms with Gasteiger partial charge in [-0.05, 0) is 42.5 Å². The molecular formula is C23H27FN2O3. The van der Waals surface area contributed by atoms with Crippen LogP contribution in [-0.4, -0.2) is 40.5 Å². The molecule has 1 saturated heterocycles. The van der Waals surface area contributed by atoms with Gasteiger partial charge < -0.3 is 15.3 Å². The molecule has 6 heteroatoms. The molecule has 1 aliphatic heterocycles. The SMILES string of the molecule is O=C1CCC(CCC(=O)N(CCO)Cc2ccccc2)(Cc2ccc(F)cc2)N1. The maximum atomic E-state index is 13.2. The largest absolute Gasteiger partial charge is 0.395 e. The van der Waals surface area contributed by atoms with Crippen LogP contribution >= 0.6 is 0 Å². The molecule has 2 N–H and O–H groups in total. The minimum absolute atomic E-state index is 0.0175. The van der Waals surface area contributed by atoms with Crippen molar-refractivity contribution in [3.63, 3.8) is 0 Å². The standard InChI is InChI=1S/C23H27FN2O3/c24-20-8-6-18(7-9-20)16-23(12-10-21(28)25-23)13-11-22(29)26(14-15-27)17-19-4-2-1-3-5-19/h1-9,27H,10-17H2,(H,25,28). The summed E-state index contributed by atoms with van der Waals surface area (Å²) in [5.41, 5.74) is 1.43. The number of carbonyl (C=O) groups excluding carboxylic acids is 2. The second kappa shape index (κ2) is 9.65. The molecule has 29 heavy (non-hydrogen) atoms. The Kier molecular flexibility index (Phi) is 6.99. The van der Waals surface area contributed by atoms with E-state index < -0.39 is 5.54 Å². The predicted molar refractivity (Wildman–Crippen MR) is 108 cm³/mol. The van der Waals surface area contributed by atoms with Crippen LogP contribution in [0.5, 0.6) is 0 Å². The third-order valence-corrected chi connectivity index (χ3v) is 5.45. The summed E-state index contributed by atoms with van der Waals surface area (Å²) in [5.74, 6) is -0.368. The van der Waals surface area contributed by atoms with E-state index >= 15 is 0 Å². The number of nitrogens with one attached hydrogen (secondary N) is 1. The molecule has 0 saturated carbocycles. The highest BCUT2D eigenvalue weighted by Gasteiger charge is 2.38. The van der Waals surface area contributed by atoms with Crippen LogP contribution in [-0.2, 0) is 22.6 Å². The van der Waals surface area contributed by atoms with Crippen LogP contribution < -0.4 is 5.32 Å². The molecule has 3 rings (SSSR count). The average Bonchev–Trinajstić information content (AvgIpc) is 3.09. The summed E-state index contributed by atoms with van der Waals surface area (Å²) in [6, 6.07) is 15.9. The van der Waals surface area contributed by atoms with E-state index in [0.29, 0.717) is 32.2 Å². The third kappa shape index (κ3) is 5.87. The number of rotatable bonds is 9. The number of hydrogen-bond acceptors (Lipinski definition) is 3. The van der Waals surface area contributed by atoms with Crippen molar-refractivity contribution in [2.75, 3.05) is 13.2 Å². The Balaban J connectivity index is 1.66. The fraction of sp³-hybridized carbons (Fsp3) is 0.391. The van der Waals surface area contributed by atoms with Crippen LogP contribution in [0.2, 0.25) is 0 Å². The van der Waals surface area contributed by atoms with Gasteiger partial charge in [0, 0.05) is 31.5 Å². The highest BCUT2D eigenvalue weighted by atomic mass is 19.1. The number of amides is 2. The summed E-state index contributed by atoms with van der Waals surface area (Å²) in [6.07, 6.45) is 2.42. The van der Waals surface area contributed by atoms with Gasteiger partial charge in [0.05, 0.1) is 6.61 Å². The fourth-order valence-corrected chi connectivity index (χ4v) is 3.90. The van der Waals surface area contributed by atoms with Crippen molar-refractivity contribution in [2.45, 2.75) is 44.2 Å². The second-order valence-electron chi connectivity index (χ2n) is 7.66. The van der Waals surface area contributed by atoms with Gasteiger partial charge in [-0.3, -0.25) is 9.59 Å². The zero-order chi connectivity index (χ0) is 20.7. The number of aliphatic hydroxyl groups excluding tert-OH is 1. The first-order chi connectivity index (χ1) is 14.0. The summed E-state index contributed by atoms with van der Waals surface area (Å²) in [7, 11) is 0. The van der Waals surface area contributed by atoms with Gasteiger partial charge in [0.2, 0.25) is 11.8 Å². The van der Waals surface area contributed by atoms with Gasteiger partial charge in [0.15, 0.2) is 0 Å². The van der Waals surface area contributed by atoms with Crippen molar-refractivity contribution in [1.82, 2.24) is 10.2 Å². The smallest absolute Gasteiger partial charge is 0.223 e. The molecular weight excluding hydrogens is 371 g/mol. The van der Waals surface area contributed by atoms with Gasteiger partial charge in [-0.25, -0.2) is 4.39 Å². The van der Waals surface area contributed by atoms with Gasteiger partial charge >= 0.3 is 0 Å². The minimum Gasteiger partial charge on any atom is -0.395 e. The van der Waals surface area contributed by atoms with E-state index in [-0.39, 0.29) is 37.2 Å². The van der Waals surface area contributed by atoms with Gasteiger partial charge in [-0.1, -0.05) is 42.5 Å². The van der Waals surface area contributed by atoms with Crippen molar-refractivity contribution >= 4 is 11.8 Å². The highest BCUT2D eigenvalue weighted by Crippen LogP contribution is 2.30. The van der Waals surface area contributed by atoms with E-state index in [1.54, 1.807) is 17.0 Å². The molecule has 1 fully saturated rings. The van der Waals surface area contributed by atoms with Gasteiger partial charge in [0.25, 0.3) is 0 Å². The maximum absolute atomic E-state index is 13.2. The molecule has 1 aliphatic rings. The maximum Gasteiger partial charge on any atom is 0.223 e. The summed E-state index contributed by atoms with van der Waals surface area (Å²) in [5, 5.41) is 12.4. The lowest BCUT2D eigenvalue weighted by Gasteiger charge is -2.31. The molecule has 1 heterocycles. The minimum atomic E-state index is -0.498. The van der Waals surface area contributed by atoms with Gasteiger partial charge in [-0.2, -0.15) is 0 Å². The Hall–Kier alpha value is -2.73. The van der Waals surface area contributed by atoms with E-state index in [1.165, 1.54) is 12.1 Å². The van der Waals surface area contributed by atoms with Crippen molar-refractivity contribution < 1.29 is 19.1 Å². The number of carbonyl (C=O) groups is 2. The number of hydrogen-bond donors (Lipinski definition) is 2. The molecule has 1 atom stereocenters. The predicted octanol–water partition coefficient (Wildman–Crippen LogP) is 2.82. The topological polar surface area (TPSA) is 69.6 Å². The van der Waals surface area contributed by atoms with Gasteiger partial charge in [0.1, 0.15) is 5.82 Å². The van der Waals surface area contributed by atoms with E-state index in [9.17, 15) is 19.1 Å². The molecule has 154 valence electrons. The summed E-state index contributed by atoms with van der Waals surface area (Å²) < 4.78 is 13.2. The Bertz CT molecular complexity index is 826. The molecule has 0 bridgehead atoms. The molecule has 0 aliphatic carbocycles. The molecule has 0 radical (unpaired) electrons. The van der Waals surface area contributed by atoms with Crippen molar-refractivity contribution in [3.05, 3.63) is 71.5 Å². The number of nitrogens with zero attached hydrogens (tertiary/aromatic N) is 1. The molecule has 0 spiro atoms. The molecule has 2 amide bonds. The summed E-state index contributed by atoms with van der Waals surface area (Å²) >= 11 is 0. The second-order valence-corrected chi connectivity index (χ2v) is 7.66. The molecule has 5 nitrogen and oxygen atoms in total. The number of aliphatic hydroxyl groups is 1. The zero-order valence-electron chi connectivity index (χ0n) is 16.4.